The van der Waals surface area contributed by atoms with Crippen LogP contribution in [-0.2, 0) is 9.59 Å². The Morgan fingerprint density at radius 1 is 1.02 bits per heavy atom. The molecule has 1 aliphatic carbocycles. The topological polar surface area (TPSA) is 141 Å². The average molecular weight is 779 g/mol. The van der Waals surface area contributed by atoms with E-state index in [9.17, 15) is 30.7 Å². The van der Waals surface area contributed by atoms with E-state index in [0.29, 0.717) is 30.7 Å². The lowest BCUT2D eigenvalue weighted by molar-refractivity contribution is -0.193. The van der Waals surface area contributed by atoms with Crippen LogP contribution >= 0.6 is 0 Å². The van der Waals surface area contributed by atoms with Crippen molar-refractivity contribution < 1.29 is 59.7 Å². The van der Waals surface area contributed by atoms with E-state index in [2.05, 4.69) is 53.0 Å². The average Bonchev–Trinajstić information content (AvgIpc) is 3.59. The molecule has 4 heterocycles. The van der Waals surface area contributed by atoms with Crippen LogP contribution in [0.3, 0.4) is 0 Å². The molecule has 0 amide bonds. The first-order valence-corrected chi connectivity index (χ1v) is 17.1. The SMILES string of the molecule is CC(C)c1ccccc1-c1ncc2c(NCC3(N(C)C)CCC3)nc(OC[C@@]34CCCN3C[C@H](F)C4)nc2c1F.O=C(O)C(F)(F)F.O=C(O)C(F)(F)F. The van der Waals surface area contributed by atoms with Gasteiger partial charge in [0.15, 0.2) is 5.82 Å². The van der Waals surface area contributed by atoms with Crippen molar-refractivity contribution in [2.45, 2.75) is 87.9 Å². The molecule has 6 rings (SSSR count). The van der Waals surface area contributed by atoms with Crippen molar-refractivity contribution in [3.05, 3.63) is 41.8 Å². The summed E-state index contributed by atoms with van der Waals surface area (Å²) in [5, 5.41) is 18.3. The molecule has 3 aromatic rings. The third-order valence-corrected chi connectivity index (χ3v) is 10.0. The second-order valence-corrected chi connectivity index (χ2v) is 14.1. The van der Waals surface area contributed by atoms with Crippen LogP contribution in [0.4, 0.5) is 40.9 Å². The monoisotopic (exact) mass is 778 g/mol. The molecule has 1 saturated carbocycles. The van der Waals surface area contributed by atoms with E-state index < -0.39 is 36.3 Å². The standard InChI is InChI=1S/C31H40F2N6O.2C2HF3O2/c1-20(2)22-9-5-6-10-23(22)26-25(33)27-24(16-34-26)28(35-18-30(38(3)4)11-7-12-30)37-29(36-27)40-19-31-13-8-14-39(31)17-21(32)15-31;2*3-2(4,5)1(6)7/h5-6,9-10,16,20-21H,7-8,11-15,17-19H2,1-4H3,(H,35,36,37);2*(H,6,7)/t21-,31+;;/m1../s1. The van der Waals surface area contributed by atoms with Crippen molar-refractivity contribution in [2.75, 3.05) is 45.7 Å². The van der Waals surface area contributed by atoms with Gasteiger partial charge < -0.3 is 25.2 Å². The van der Waals surface area contributed by atoms with Crippen LogP contribution in [0.1, 0.15) is 63.9 Å². The van der Waals surface area contributed by atoms with E-state index in [1.165, 1.54) is 6.42 Å². The summed E-state index contributed by atoms with van der Waals surface area (Å²) in [4.78, 5) is 36.1. The number of likely N-dealkylation sites (N-methyl/N-ethyl adjacent to an activating group) is 1. The maximum atomic E-state index is 16.3. The molecule has 298 valence electrons. The number of aliphatic carboxylic acids is 2. The maximum absolute atomic E-state index is 16.3. The number of ether oxygens (including phenoxy) is 1. The Labute approximate surface area is 305 Å². The first kappa shape index (κ1) is 42.4. The number of fused-ring (bicyclic) bond motifs is 2. The lowest BCUT2D eigenvalue weighted by atomic mass is 9.75. The van der Waals surface area contributed by atoms with Gasteiger partial charge >= 0.3 is 30.3 Å². The minimum Gasteiger partial charge on any atom is -0.475 e. The summed E-state index contributed by atoms with van der Waals surface area (Å²) < 4.78 is 100. The first-order chi connectivity index (χ1) is 25.1. The Bertz CT molecular complexity index is 1780. The smallest absolute Gasteiger partial charge is 0.475 e. The summed E-state index contributed by atoms with van der Waals surface area (Å²) >= 11 is 0. The van der Waals surface area contributed by atoms with Gasteiger partial charge in [-0.05, 0) is 64.2 Å². The summed E-state index contributed by atoms with van der Waals surface area (Å²) in [6, 6.07) is 7.90. The van der Waals surface area contributed by atoms with Gasteiger partial charge in [-0.25, -0.2) is 18.4 Å². The maximum Gasteiger partial charge on any atom is 0.490 e. The zero-order valence-electron chi connectivity index (χ0n) is 30.0. The Hall–Kier alpha value is -4.39. The number of aromatic nitrogens is 3. The predicted octanol–water partition coefficient (Wildman–Crippen LogP) is 7.07. The molecular weight excluding hydrogens is 736 g/mol. The molecule has 2 saturated heterocycles. The Kier molecular flexibility index (Phi) is 13.0. The minimum absolute atomic E-state index is 0.0315. The van der Waals surface area contributed by atoms with Crippen molar-refractivity contribution in [3.63, 3.8) is 0 Å². The highest BCUT2D eigenvalue weighted by Gasteiger charge is 2.49. The van der Waals surface area contributed by atoms with Crippen LogP contribution in [0.25, 0.3) is 22.2 Å². The van der Waals surface area contributed by atoms with Crippen molar-refractivity contribution in [3.8, 4) is 17.3 Å². The quantitative estimate of drug-likeness (QED) is 0.192. The van der Waals surface area contributed by atoms with Gasteiger partial charge in [0.1, 0.15) is 29.8 Å². The summed E-state index contributed by atoms with van der Waals surface area (Å²) in [6.07, 6.45) is -3.64. The van der Waals surface area contributed by atoms with Gasteiger partial charge in [0.2, 0.25) is 0 Å². The molecule has 3 fully saturated rings. The number of benzene rings is 1. The van der Waals surface area contributed by atoms with Gasteiger partial charge in [0, 0.05) is 36.8 Å². The van der Waals surface area contributed by atoms with Crippen LogP contribution < -0.4 is 10.1 Å². The number of anilines is 1. The Morgan fingerprint density at radius 2 is 1.63 bits per heavy atom. The first-order valence-electron chi connectivity index (χ1n) is 17.1. The minimum atomic E-state index is -5.08. The number of halogens is 8. The molecule has 2 atom stereocenters. The van der Waals surface area contributed by atoms with Crippen LogP contribution in [0.5, 0.6) is 6.01 Å². The number of pyridine rings is 1. The van der Waals surface area contributed by atoms with Crippen LogP contribution in [0.15, 0.2) is 30.5 Å². The van der Waals surface area contributed by atoms with Crippen molar-refractivity contribution in [1.82, 2.24) is 24.8 Å². The van der Waals surface area contributed by atoms with E-state index in [1.54, 1.807) is 6.20 Å². The number of carboxylic acid groups (broad SMARTS) is 2. The molecule has 0 spiro atoms. The fourth-order valence-corrected chi connectivity index (χ4v) is 6.90. The van der Waals surface area contributed by atoms with E-state index in [4.69, 9.17) is 29.5 Å². The number of rotatable bonds is 9. The van der Waals surface area contributed by atoms with E-state index in [1.807, 2.05) is 24.3 Å². The zero-order valence-corrected chi connectivity index (χ0v) is 30.0. The highest BCUT2D eigenvalue weighted by molar-refractivity contribution is 5.91. The molecule has 0 radical (unpaired) electrons. The molecule has 19 heteroatoms. The molecule has 11 nitrogen and oxygen atoms in total. The number of nitrogens with one attached hydrogen (secondary N) is 1. The van der Waals surface area contributed by atoms with Gasteiger partial charge in [0.05, 0.1) is 10.9 Å². The second-order valence-electron chi connectivity index (χ2n) is 14.1. The number of nitrogens with zero attached hydrogens (tertiary/aromatic N) is 5. The normalized spacial score (nSPS) is 20.7. The third kappa shape index (κ3) is 9.64. The highest BCUT2D eigenvalue weighted by Crippen LogP contribution is 2.41. The number of alkyl halides is 7. The fourth-order valence-electron chi connectivity index (χ4n) is 6.90. The summed E-state index contributed by atoms with van der Waals surface area (Å²) in [6.45, 7) is 6.46. The second kappa shape index (κ2) is 16.5. The summed E-state index contributed by atoms with van der Waals surface area (Å²) in [5.74, 6) is -5.28. The van der Waals surface area contributed by atoms with Gasteiger partial charge in [-0.1, -0.05) is 38.1 Å². The summed E-state index contributed by atoms with van der Waals surface area (Å²) in [5.41, 5.74) is 1.92. The van der Waals surface area contributed by atoms with Crippen LogP contribution in [0, 0.1) is 5.82 Å². The molecule has 2 aromatic heterocycles. The number of carbonyl (C=O) groups is 2. The van der Waals surface area contributed by atoms with Crippen molar-refractivity contribution in [1.29, 1.82) is 0 Å². The third-order valence-electron chi connectivity index (χ3n) is 10.0. The Balaban J connectivity index is 0.000000396. The molecule has 2 aliphatic heterocycles. The van der Waals surface area contributed by atoms with Crippen molar-refractivity contribution in [2.24, 2.45) is 0 Å². The van der Waals surface area contributed by atoms with Crippen LogP contribution in [-0.4, -0.2) is 117 Å². The van der Waals surface area contributed by atoms with Gasteiger partial charge in [-0.3, -0.25) is 9.88 Å². The number of hydrogen-bond acceptors (Lipinski definition) is 9. The fraction of sp³-hybridized carbons (Fsp3) is 0.571. The van der Waals surface area contributed by atoms with Crippen molar-refractivity contribution >= 4 is 28.7 Å². The molecule has 1 aromatic carbocycles. The van der Waals surface area contributed by atoms with Gasteiger partial charge in [0.25, 0.3) is 0 Å². The molecule has 54 heavy (non-hydrogen) atoms. The van der Waals surface area contributed by atoms with E-state index in [-0.39, 0.29) is 40.8 Å². The van der Waals surface area contributed by atoms with Gasteiger partial charge in [-0.15, -0.1) is 0 Å². The molecule has 0 unspecified atom stereocenters. The molecule has 3 N–H and O–H groups in total. The Morgan fingerprint density at radius 3 is 2.17 bits per heavy atom. The molecule has 0 bridgehead atoms. The predicted molar refractivity (Wildman–Crippen MR) is 182 cm³/mol. The van der Waals surface area contributed by atoms with Gasteiger partial charge in [-0.2, -0.15) is 36.3 Å². The van der Waals surface area contributed by atoms with E-state index in [0.717, 1.165) is 43.4 Å². The van der Waals surface area contributed by atoms with Crippen LogP contribution in [0.2, 0.25) is 0 Å². The number of hydrogen-bond donors (Lipinski definition) is 3. The zero-order chi connectivity index (χ0) is 40.2. The lowest BCUT2D eigenvalue weighted by Gasteiger charge is -2.47. The van der Waals surface area contributed by atoms with E-state index >= 15 is 4.39 Å². The molecule has 3 aliphatic rings. The summed E-state index contributed by atoms with van der Waals surface area (Å²) in [7, 11) is 4.19. The lowest BCUT2D eigenvalue weighted by Crippen LogP contribution is -2.54. The largest absolute Gasteiger partial charge is 0.490 e. The highest BCUT2D eigenvalue weighted by atomic mass is 19.4. The number of carboxylic acids is 2. The molecular formula is C35H42F8N6O5.